The highest BCUT2D eigenvalue weighted by Crippen LogP contribution is 2.19. The van der Waals surface area contributed by atoms with Crippen molar-refractivity contribution in [2.24, 2.45) is 0 Å². The van der Waals surface area contributed by atoms with Gasteiger partial charge in [0.25, 0.3) is 5.91 Å². The Labute approximate surface area is 142 Å². The van der Waals surface area contributed by atoms with E-state index < -0.39 is 11.8 Å². The van der Waals surface area contributed by atoms with Crippen molar-refractivity contribution in [1.82, 2.24) is 5.32 Å². The first-order valence-electron chi connectivity index (χ1n) is 6.97. The van der Waals surface area contributed by atoms with Gasteiger partial charge in [-0.25, -0.2) is 4.39 Å². The van der Waals surface area contributed by atoms with Crippen LogP contribution in [0.4, 0.5) is 4.39 Å². The van der Waals surface area contributed by atoms with E-state index >= 15 is 0 Å². The molecule has 2 aromatic rings. The topological polar surface area (TPSA) is 55.4 Å². The second kappa shape index (κ2) is 8.64. The number of hydrogen-bond acceptors (Lipinski definition) is 4. The van der Waals surface area contributed by atoms with Crippen molar-refractivity contribution in [2.75, 3.05) is 6.54 Å². The van der Waals surface area contributed by atoms with Crippen LogP contribution in [0.2, 0.25) is 5.02 Å². The predicted molar refractivity (Wildman–Crippen MR) is 87.1 cm³/mol. The summed E-state index contributed by atoms with van der Waals surface area (Å²) >= 11 is 7.29. The number of carbonyl (C=O) groups is 2. The lowest BCUT2D eigenvalue weighted by atomic mass is 10.2. The Bertz CT molecular complexity index is 656. The molecule has 1 amide bonds. The summed E-state index contributed by atoms with van der Waals surface area (Å²) in [5, 5.41) is 6.51. The zero-order chi connectivity index (χ0) is 16.7. The number of halogens is 2. The molecule has 122 valence electrons. The van der Waals surface area contributed by atoms with Crippen LogP contribution in [-0.4, -0.2) is 18.4 Å². The molecule has 0 fully saturated rings. The lowest BCUT2D eigenvalue weighted by molar-refractivity contribution is -0.145. The van der Waals surface area contributed by atoms with E-state index in [4.69, 9.17) is 16.3 Å². The smallest absolute Gasteiger partial charge is 0.306 e. The van der Waals surface area contributed by atoms with E-state index in [0.717, 1.165) is 0 Å². The predicted octanol–water partition coefficient (Wildman–Crippen LogP) is 3.79. The van der Waals surface area contributed by atoms with Crippen LogP contribution >= 0.6 is 22.9 Å². The molecule has 0 aliphatic carbocycles. The van der Waals surface area contributed by atoms with Crippen LogP contribution in [0, 0.1) is 5.82 Å². The van der Waals surface area contributed by atoms with Crippen LogP contribution in [0.3, 0.4) is 0 Å². The van der Waals surface area contributed by atoms with Gasteiger partial charge >= 0.3 is 5.97 Å². The Morgan fingerprint density at radius 1 is 1.30 bits per heavy atom. The monoisotopic (exact) mass is 355 g/mol. The average Bonchev–Trinajstić information content (AvgIpc) is 3.05. The van der Waals surface area contributed by atoms with Crippen LogP contribution in [0.15, 0.2) is 35.0 Å². The molecular formula is C16H15ClFNO3S. The normalized spacial score (nSPS) is 10.3. The maximum atomic E-state index is 13.5. The van der Waals surface area contributed by atoms with Crippen molar-refractivity contribution in [3.05, 3.63) is 57.0 Å². The third-order valence-electron chi connectivity index (χ3n) is 3.07. The van der Waals surface area contributed by atoms with E-state index in [0.29, 0.717) is 18.5 Å². The number of esters is 1. The van der Waals surface area contributed by atoms with Crippen LogP contribution < -0.4 is 5.32 Å². The third kappa shape index (κ3) is 5.33. The van der Waals surface area contributed by atoms with Gasteiger partial charge in [0.05, 0.1) is 5.02 Å². The fraction of sp³-hybridized carbons (Fsp3) is 0.250. The summed E-state index contributed by atoms with van der Waals surface area (Å²) < 4.78 is 18.5. The number of rotatable bonds is 7. The molecule has 0 spiro atoms. The summed E-state index contributed by atoms with van der Waals surface area (Å²) in [6.07, 6.45) is 0.579. The van der Waals surface area contributed by atoms with Gasteiger partial charge in [-0.05, 0) is 30.0 Å². The SMILES string of the molecule is O=C(CCCNC(=O)c1ccsc1)OCc1c(F)cccc1Cl. The van der Waals surface area contributed by atoms with Gasteiger partial charge in [-0.2, -0.15) is 11.3 Å². The molecule has 1 aromatic heterocycles. The van der Waals surface area contributed by atoms with E-state index in [9.17, 15) is 14.0 Å². The Hall–Kier alpha value is -1.92. The molecule has 0 radical (unpaired) electrons. The summed E-state index contributed by atoms with van der Waals surface area (Å²) in [5.41, 5.74) is 0.764. The van der Waals surface area contributed by atoms with Crippen molar-refractivity contribution in [3.63, 3.8) is 0 Å². The highest BCUT2D eigenvalue weighted by Gasteiger charge is 2.10. The second-order valence-corrected chi connectivity index (χ2v) is 5.92. The third-order valence-corrected chi connectivity index (χ3v) is 4.10. The molecular weight excluding hydrogens is 341 g/mol. The van der Waals surface area contributed by atoms with Crippen LogP contribution in [0.5, 0.6) is 0 Å². The molecule has 0 aliphatic rings. The molecule has 23 heavy (non-hydrogen) atoms. The Morgan fingerprint density at radius 3 is 2.83 bits per heavy atom. The minimum Gasteiger partial charge on any atom is -0.461 e. The minimum atomic E-state index is -0.506. The van der Waals surface area contributed by atoms with Gasteiger partial charge in [-0.15, -0.1) is 0 Å². The molecule has 0 bridgehead atoms. The highest BCUT2D eigenvalue weighted by molar-refractivity contribution is 7.08. The molecule has 0 atom stereocenters. The molecule has 2 rings (SSSR count). The standard InChI is InChI=1S/C16H15ClFNO3S/c17-13-3-1-4-14(18)12(13)9-22-15(20)5-2-7-19-16(21)11-6-8-23-10-11/h1,3-4,6,8,10H,2,5,7,9H2,(H,19,21). The first kappa shape index (κ1) is 17.4. The Morgan fingerprint density at radius 2 is 2.13 bits per heavy atom. The van der Waals surface area contributed by atoms with Gasteiger partial charge in [0.15, 0.2) is 0 Å². The molecule has 0 saturated carbocycles. The summed E-state index contributed by atoms with van der Waals surface area (Å²) in [5.74, 6) is -1.14. The molecule has 0 unspecified atom stereocenters. The van der Waals surface area contributed by atoms with Crippen molar-refractivity contribution < 1.29 is 18.7 Å². The van der Waals surface area contributed by atoms with Gasteiger partial charge < -0.3 is 10.1 Å². The van der Waals surface area contributed by atoms with Crippen molar-refractivity contribution in [2.45, 2.75) is 19.4 Å². The second-order valence-electron chi connectivity index (χ2n) is 4.73. The molecule has 4 nitrogen and oxygen atoms in total. The number of ether oxygens (including phenoxy) is 1. The number of carbonyl (C=O) groups excluding carboxylic acids is 2. The van der Waals surface area contributed by atoms with Gasteiger partial charge in [-0.1, -0.05) is 17.7 Å². The zero-order valence-electron chi connectivity index (χ0n) is 12.2. The largest absolute Gasteiger partial charge is 0.461 e. The van der Waals surface area contributed by atoms with Gasteiger partial charge in [-0.3, -0.25) is 9.59 Å². The van der Waals surface area contributed by atoms with E-state index in [2.05, 4.69) is 5.32 Å². The van der Waals surface area contributed by atoms with Gasteiger partial charge in [0, 0.05) is 29.5 Å². The molecule has 0 saturated heterocycles. The van der Waals surface area contributed by atoms with Gasteiger partial charge in [0.2, 0.25) is 0 Å². The minimum absolute atomic E-state index is 0.135. The van der Waals surface area contributed by atoms with Crippen molar-refractivity contribution in [3.8, 4) is 0 Å². The van der Waals surface area contributed by atoms with Crippen molar-refractivity contribution in [1.29, 1.82) is 0 Å². The van der Waals surface area contributed by atoms with Crippen LogP contribution in [0.25, 0.3) is 0 Å². The number of nitrogens with one attached hydrogen (secondary N) is 1. The highest BCUT2D eigenvalue weighted by atomic mass is 35.5. The summed E-state index contributed by atoms with van der Waals surface area (Å²) in [6.45, 7) is 0.163. The molecule has 1 heterocycles. The Kier molecular flexibility index (Phi) is 6.55. The number of benzene rings is 1. The number of hydrogen-bond donors (Lipinski definition) is 1. The quantitative estimate of drug-likeness (QED) is 0.607. The number of thiophene rings is 1. The van der Waals surface area contributed by atoms with Crippen LogP contribution in [-0.2, 0) is 16.1 Å². The maximum absolute atomic E-state index is 13.5. The summed E-state index contributed by atoms with van der Waals surface area (Å²) in [7, 11) is 0. The van der Waals surface area contributed by atoms with Gasteiger partial charge in [0.1, 0.15) is 12.4 Å². The Balaban J connectivity index is 1.67. The maximum Gasteiger partial charge on any atom is 0.306 e. The molecule has 0 aliphatic heterocycles. The zero-order valence-corrected chi connectivity index (χ0v) is 13.8. The van der Waals surface area contributed by atoms with E-state index in [1.807, 2.05) is 5.38 Å². The van der Waals surface area contributed by atoms with E-state index in [1.54, 1.807) is 11.4 Å². The lowest BCUT2D eigenvalue weighted by Crippen LogP contribution is -2.24. The summed E-state index contributed by atoms with van der Waals surface area (Å²) in [4.78, 5) is 23.3. The molecule has 1 N–H and O–H groups in total. The van der Waals surface area contributed by atoms with E-state index in [1.165, 1.54) is 29.5 Å². The first-order valence-corrected chi connectivity index (χ1v) is 8.29. The number of amides is 1. The van der Waals surface area contributed by atoms with Crippen LogP contribution in [0.1, 0.15) is 28.8 Å². The fourth-order valence-corrected chi connectivity index (χ4v) is 2.68. The molecule has 7 heteroatoms. The summed E-state index contributed by atoms with van der Waals surface area (Å²) in [6, 6.07) is 6.01. The molecule has 1 aromatic carbocycles. The fourth-order valence-electron chi connectivity index (χ4n) is 1.83. The van der Waals surface area contributed by atoms with E-state index in [-0.39, 0.29) is 29.5 Å². The van der Waals surface area contributed by atoms with Crippen molar-refractivity contribution >= 4 is 34.8 Å². The first-order chi connectivity index (χ1) is 11.1. The average molecular weight is 356 g/mol. The lowest BCUT2D eigenvalue weighted by Gasteiger charge is -2.08.